The van der Waals surface area contributed by atoms with Crippen LogP contribution in [0.5, 0.6) is 0 Å². The third kappa shape index (κ3) is 5.31. The highest BCUT2D eigenvalue weighted by atomic mass is 35.5. The quantitative estimate of drug-likeness (QED) is 0.395. The fourth-order valence-corrected chi connectivity index (χ4v) is 3.85. The predicted molar refractivity (Wildman–Crippen MR) is 121 cm³/mol. The minimum atomic E-state index is -0.303. The molecule has 0 aliphatic heterocycles. The predicted octanol–water partition coefficient (Wildman–Crippen LogP) is 5.14. The number of thioether (sulfide) groups is 1. The number of carbonyl (C=O) groups excluding carboxylic acids is 1. The minimum absolute atomic E-state index is 0.148. The van der Waals surface area contributed by atoms with Crippen LogP contribution in [0.3, 0.4) is 0 Å². The Hall–Kier alpha value is -3.16. The molecule has 156 valence electrons. The molecule has 4 aromatic rings. The topological polar surface area (TPSA) is 59.8 Å². The number of hydrogen-bond acceptors (Lipinski definition) is 4. The zero-order valence-corrected chi connectivity index (χ0v) is 17.9. The standard InChI is InChI=1S/C23H18ClFN4OS/c24-18-10-8-17(9-11-18)22-27-28-23(29(22)20-4-2-1-3-5-20)31-15-21(30)26-14-16-6-12-19(25)13-7-16/h1-13H,14-15H2,(H,26,30). The monoisotopic (exact) mass is 452 g/mol. The Balaban J connectivity index is 1.50. The summed E-state index contributed by atoms with van der Waals surface area (Å²) < 4.78 is 14.9. The fourth-order valence-electron chi connectivity index (χ4n) is 2.94. The first-order chi connectivity index (χ1) is 15.1. The SMILES string of the molecule is O=C(CSc1nnc(-c2ccc(Cl)cc2)n1-c1ccccc1)NCc1ccc(F)cc1. The lowest BCUT2D eigenvalue weighted by atomic mass is 10.2. The van der Waals surface area contributed by atoms with Crippen molar-refractivity contribution in [3.63, 3.8) is 0 Å². The number of amides is 1. The lowest BCUT2D eigenvalue weighted by Gasteiger charge is -2.10. The highest BCUT2D eigenvalue weighted by molar-refractivity contribution is 7.99. The lowest BCUT2D eigenvalue weighted by Crippen LogP contribution is -2.24. The Morgan fingerprint density at radius 1 is 0.968 bits per heavy atom. The van der Waals surface area contributed by atoms with Gasteiger partial charge in [0.05, 0.1) is 5.75 Å². The van der Waals surface area contributed by atoms with Crippen LogP contribution in [-0.2, 0) is 11.3 Å². The summed E-state index contributed by atoms with van der Waals surface area (Å²) in [5.41, 5.74) is 2.59. The van der Waals surface area contributed by atoms with E-state index in [2.05, 4.69) is 15.5 Å². The minimum Gasteiger partial charge on any atom is -0.351 e. The third-order valence-electron chi connectivity index (χ3n) is 4.49. The van der Waals surface area contributed by atoms with Gasteiger partial charge in [-0.3, -0.25) is 9.36 Å². The Bertz CT molecular complexity index is 1160. The molecule has 0 aliphatic rings. The van der Waals surface area contributed by atoms with Crippen molar-refractivity contribution in [3.8, 4) is 17.1 Å². The van der Waals surface area contributed by atoms with Crippen LogP contribution >= 0.6 is 23.4 Å². The van der Waals surface area contributed by atoms with Gasteiger partial charge in [0.25, 0.3) is 0 Å². The smallest absolute Gasteiger partial charge is 0.230 e. The van der Waals surface area contributed by atoms with Gasteiger partial charge in [0.2, 0.25) is 5.91 Å². The van der Waals surface area contributed by atoms with Crippen molar-refractivity contribution in [3.05, 3.63) is 95.3 Å². The summed E-state index contributed by atoms with van der Waals surface area (Å²) in [5.74, 6) is 0.386. The van der Waals surface area contributed by atoms with Gasteiger partial charge in [-0.25, -0.2) is 4.39 Å². The molecule has 1 aromatic heterocycles. The molecule has 31 heavy (non-hydrogen) atoms. The highest BCUT2D eigenvalue weighted by Gasteiger charge is 2.17. The summed E-state index contributed by atoms with van der Waals surface area (Å²) in [4.78, 5) is 12.3. The van der Waals surface area contributed by atoms with E-state index < -0.39 is 0 Å². The molecule has 0 radical (unpaired) electrons. The average Bonchev–Trinajstić information content (AvgIpc) is 3.22. The second-order valence-corrected chi connectivity index (χ2v) is 8.05. The maximum Gasteiger partial charge on any atom is 0.230 e. The van der Waals surface area contributed by atoms with Crippen LogP contribution in [0.15, 0.2) is 84.0 Å². The van der Waals surface area contributed by atoms with Gasteiger partial charge in [-0.15, -0.1) is 10.2 Å². The van der Waals surface area contributed by atoms with Crippen LogP contribution in [0, 0.1) is 5.82 Å². The Morgan fingerprint density at radius 2 is 1.68 bits per heavy atom. The van der Waals surface area contributed by atoms with Crippen molar-refractivity contribution in [1.29, 1.82) is 0 Å². The first-order valence-corrected chi connectivity index (χ1v) is 10.9. The molecule has 0 saturated heterocycles. The van der Waals surface area contributed by atoms with Crippen LogP contribution in [0.4, 0.5) is 4.39 Å². The molecule has 0 aliphatic carbocycles. The van der Waals surface area contributed by atoms with Crippen molar-refractivity contribution in [2.24, 2.45) is 0 Å². The summed E-state index contributed by atoms with van der Waals surface area (Å²) in [6.07, 6.45) is 0. The number of rotatable bonds is 7. The van der Waals surface area contributed by atoms with E-state index in [1.54, 1.807) is 24.3 Å². The molecule has 1 amide bonds. The van der Waals surface area contributed by atoms with Crippen LogP contribution in [0.25, 0.3) is 17.1 Å². The average molecular weight is 453 g/mol. The van der Waals surface area contributed by atoms with Gasteiger partial charge in [-0.2, -0.15) is 0 Å². The molecule has 0 spiro atoms. The third-order valence-corrected chi connectivity index (χ3v) is 5.67. The van der Waals surface area contributed by atoms with Gasteiger partial charge < -0.3 is 5.32 Å². The summed E-state index contributed by atoms with van der Waals surface area (Å²) >= 11 is 7.31. The molecule has 4 rings (SSSR count). The maximum absolute atomic E-state index is 13.0. The van der Waals surface area contributed by atoms with Gasteiger partial charge in [0.15, 0.2) is 11.0 Å². The van der Waals surface area contributed by atoms with Gasteiger partial charge in [-0.1, -0.05) is 53.7 Å². The Morgan fingerprint density at radius 3 is 2.39 bits per heavy atom. The van der Waals surface area contributed by atoms with E-state index in [0.29, 0.717) is 22.5 Å². The van der Waals surface area contributed by atoms with E-state index in [-0.39, 0.29) is 17.5 Å². The zero-order valence-electron chi connectivity index (χ0n) is 16.3. The number of benzene rings is 3. The molecule has 8 heteroatoms. The van der Waals surface area contributed by atoms with Crippen molar-refractivity contribution in [1.82, 2.24) is 20.1 Å². The van der Waals surface area contributed by atoms with Gasteiger partial charge in [0, 0.05) is 22.8 Å². The number of aromatic nitrogens is 3. The van der Waals surface area contributed by atoms with Crippen LogP contribution < -0.4 is 5.32 Å². The van der Waals surface area contributed by atoms with Crippen molar-refractivity contribution < 1.29 is 9.18 Å². The second-order valence-electron chi connectivity index (χ2n) is 6.68. The molecule has 0 atom stereocenters. The van der Waals surface area contributed by atoms with Gasteiger partial charge in [-0.05, 0) is 54.1 Å². The first kappa shape index (κ1) is 21.1. The van der Waals surface area contributed by atoms with Crippen LogP contribution in [-0.4, -0.2) is 26.4 Å². The molecule has 0 unspecified atom stereocenters. The normalized spacial score (nSPS) is 10.8. The van der Waals surface area contributed by atoms with E-state index >= 15 is 0 Å². The molecule has 1 heterocycles. The summed E-state index contributed by atoms with van der Waals surface area (Å²) in [7, 11) is 0. The molecule has 0 bridgehead atoms. The highest BCUT2D eigenvalue weighted by Crippen LogP contribution is 2.28. The van der Waals surface area contributed by atoms with E-state index in [4.69, 9.17) is 11.6 Å². The van der Waals surface area contributed by atoms with Crippen LogP contribution in [0.2, 0.25) is 5.02 Å². The Labute approximate surface area is 188 Å². The molecule has 1 N–H and O–H groups in total. The van der Waals surface area contributed by atoms with Crippen LogP contribution in [0.1, 0.15) is 5.56 Å². The first-order valence-electron chi connectivity index (χ1n) is 9.51. The summed E-state index contributed by atoms with van der Waals surface area (Å²) in [5, 5.41) is 12.8. The summed E-state index contributed by atoms with van der Waals surface area (Å²) in [6.45, 7) is 0.334. The molecular formula is C23H18ClFN4OS. The van der Waals surface area contributed by atoms with E-state index in [1.807, 2.05) is 47.0 Å². The van der Waals surface area contributed by atoms with E-state index in [1.165, 1.54) is 23.9 Å². The maximum atomic E-state index is 13.0. The van der Waals surface area contributed by atoms with E-state index in [9.17, 15) is 9.18 Å². The Kier molecular flexibility index (Phi) is 6.64. The van der Waals surface area contributed by atoms with Gasteiger partial charge in [0.1, 0.15) is 5.82 Å². The number of carbonyl (C=O) groups is 1. The van der Waals surface area contributed by atoms with Crippen molar-refractivity contribution in [2.75, 3.05) is 5.75 Å². The molecule has 3 aromatic carbocycles. The largest absolute Gasteiger partial charge is 0.351 e. The summed E-state index contributed by atoms with van der Waals surface area (Å²) in [6, 6.07) is 23.1. The zero-order chi connectivity index (χ0) is 21.6. The molecule has 0 fully saturated rings. The second kappa shape index (κ2) is 9.76. The number of nitrogens with zero attached hydrogens (tertiary/aromatic N) is 3. The lowest BCUT2D eigenvalue weighted by molar-refractivity contribution is -0.118. The fraction of sp³-hybridized carbons (Fsp3) is 0.0870. The molecule has 0 saturated carbocycles. The molecular weight excluding hydrogens is 435 g/mol. The number of nitrogens with one attached hydrogen (secondary N) is 1. The van der Waals surface area contributed by atoms with Crippen molar-refractivity contribution >= 4 is 29.3 Å². The van der Waals surface area contributed by atoms with E-state index in [0.717, 1.165) is 16.8 Å². The number of hydrogen-bond donors (Lipinski definition) is 1. The number of halogens is 2. The number of para-hydroxylation sites is 1. The van der Waals surface area contributed by atoms with Crippen molar-refractivity contribution in [2.45, 2.75) is 11.7 Å². The molecule has 5 nitrogen and oxygen atoms in total. The van der Waals surface area contributed by atoms with Gasteiger partial charge >= 0.3 is 0 Å².